The van der Waals surface area contributed by atoms with Crippen LogP contribution in [-0.4, -0.2) is 24.2 Å². The number of nitrogens with zero attached hydrogens (tertiary/aromatic N) is 2. The number of nitrogens with one attached hydrogen (secondary N) is 1. The Labute approximate surface area is 169 Å². The molecule has 0 saturated heterocycles. The molecule has 146 valence electrons. The van der Waals surface area contributed by atoms with Crippen LogP contribution in [0.3, 0.4) is 0 Å². The number of fused-ring (bicyclic) bond motifs is 1. The van der Waals surface area contributed by atoms with E-state index in [0.717, 1.165) is 39.3 Å². The van der Waals surface area contributed by atoms with Crippen LogP contribution in [0.25, 0.3) is 22.3 Å². The van der Waals surface area contributed by atoms with Gasteiger partial charge in [0, 0.05) is 18.2 Å². The molecule has 0 aliphatic rings. The molecule has 1 aromatic heterocycles. The molecule has 0 fully saturated rings. The molecule has 0 aliphatic heterocycles. The predicted molar refractivity (Wildman–Crippen MR) is 116 cm³/mol. The number of para-hydroxylation sites is 2. The molecule has 6 nitrogen and oxygen atoms in total. The van der Waals surface area contributed by atoms with Crippen molar-refractivity contribution in [3.05, 3.63) is 72.3 Å². The molecular weight excluding hydrogens is 364 g/mol. The van der Waals surface area contributed by atoms with Crippen LogP contribution in [0.15, 0.2) is 66.7 Å². The Bertz CT molecular complexity index is 1140. The minimum absolute atomic E-state index is 0.496. The van der Waals surface area contributed by atoms with Crippen LogP contribution < -0.4 is 20.5 Å². The topological polar surface area (TPSA) is 82.3 Å². The molecule has 4 aromatic rings. The van der Waals surface area contributed by atoms with Crippen LogP contribution in [0.4, 0.5) is 11.5 Å². The lowest BCUT2D eigenvalue weighted by atomic mass is 10.1. The van der Waals surface area contributed by atoms with Gasteiger partial charge in [-0.15, -0.1) is 0 Å². The molecule has 0 aliphatic carbocycles. The Kier molecular flexibility index (Phi) is 5.27. The zero-order valence-corrected chi connectivity index (χ0v) is 16.3. The Hall–Kier alpha value is -3.64. The van der Waals surface area contributed by atoms with Crippen molar-refractivity contribution in [2.75, 3.05) is 19.5 Å². The molecule has 0 atom stereocenters. The number of methoxy groups -OCH3 is 2. The van der Waals surface area contributed by atoms with Crippen LogP contribution in [0.1, 0.15) is 5.56 Å². The van der Waals surface area contributed by atoms with Gasteiger partial charge in [0.1, 0.15) is 17.2 Å². The Morgan fingerprint density at radius 1 is 0.862 bits per heavy atom. The molecule has 4 rings (SSSR count). The van der Waals surface area contributed by atoms with Crippen molar-refractivity contribution in [3.8, 4) is 22.8 Å². The predicted octanol–water partition coefficient (Wildman–Crippen LogP) is 4.52. The summed E-state index contributed by atoms with van der Waals surface area (Å²) in [7, 11) is 3.26. The fourth-order valence-corrected chi connectivity index (χ4v) is 3.13. The second-order valence-electron chi connectivity index (χ2n) is 6.50. The number of benzene rings is 3. The molecule has 29 heavy (non-hydrogen) atoms. The highest BCUT2D eigenvalue weighted by molar-refractivity contribution is 5.85. The Morgan fingerprint density at radius 2 is 1.59 bits per heavy atom. The maximum absolute atomic E-state index is 5.74. The highest BCUT2D eigenvalue weighted by Crippen LogP contribution is 2.35. The lowest BCUT2D eigenvalue weighted by molar-refractivity contribution is 0.405. The van der Waals surface area contributed by atoms with Gasteiger partial charge in [-0.3, -0.25) is 0 Å². The number of nitrogens with two attached hydrogens (primary N) is 1. The van der Waals surface area contributed by atoms with Gasteiger partial charge in [0.05, 0.1) is 30.9 Å². The fourth-order valence-electron chi connectivity index (χ4n) is 3.13. The zero-order valence-electron chi connectivity index (χ0n) is 16.3. The second-order valence-corrected chi connectivity index (χ2v) is 6.50. The van der Waals surface area contributed by atoms with Gasteiger partial charge in [0.25, 0.3) is 0 Å². The number of anilines is 2. The van der Waals surface area contributed by atoms with Crippen molar-refractivity contribution >= 4 is 22.5 Å². The highest BCUT2D eigenvalue weighted by Gasteiger charge is 2.14. The van der Waals surface area contributed by atoms with E-state index in [9.17, 15) is 0 Å². The largest absolute Gasteiger partial charge is 0.497 e. The van der Waals surface area contributed by atoms with E-state index in [2.05, 4.69) is 5.32 Å². The summed E-state index contributed by atoms with van der Waals surface area (Å²) < 4.78 is 10.9. The van der Waals surface area contributed by atoms with Crippen LogP contribution in [-0.2, 0) is 6.54 Å². The van der Waals surface area contributed by atoms with Crippen LogP contribution in [0, 0.1) is 0 Å². The molecule has 3 aromatic carbocycles. The molecule has 6 heteroatoms. The van der Waals surface area contributed by atoms with Gasteiger partial charge in [-0.2, -0.15) is 0 Å². The first kappa shape index (κ1) is 18.7. The fraction of sp³-hybridized carbons (Fsp3) is 0.130. The van der Waals surface area contributed by atoms with E-state index in [0.29, 0.717) is 18.1 Å². The van der Waals surface area contributed by atoms with E-state index < -0.39 is 0 Å². The Balaban J connectivity index is 1.86. The molecule has 0 amide bonds. The van der Waals surface area contributed by atoms with Gasteiger partial charge in [-0.1, -0.05) is 36.4 Å². The van der Waals surface area contributed by atoms with Crippen molar-refractivity contribution in [1.29, 1.82) is 0 Å². The Morgan fingerprint density at radius 3 is 2.24 bits per heavy atom. The molecular formula is C23H22N4O2. The van der Waals surface area contributed by atoms with Gasteiger partial charge in [0.15, 0.2) is 5.82 Å². The maximum Gasteiger partial charge on any atom is 0.157 e. The third kappa shape index (κ3) is 3.83. The van der Waals surface area contributed by atoms with Crippen molar-refractivity contribution in [1.82, 2.24) is 9.97 Å². The van der Waals surface area contributed by atoms with Crippen molar-refractivity contribution in [2.45, 2.75) is 6.54 Å². The van der Waals surface area contributed by atoms with E-state index in [1.54, 1.807) is 14.2 Å². The summed E-state index contributed by atoms with van der Waals surface area (Å²) in [5.74, 6) is 2.04. The lowest BCUT2D eigenvalue weighted by Crippen LogP contribution is -2.02. The average Bonchev–Trinajstić information content (AvgIpc) is 2.78. The maximum atomic E-state index is 5.74. The van der Waals surface area contributed by atoms with E-state index in [4.69, 9.17) is 25.2 Å². The first-order chi connectivity index (χ1) is 14.2. The van der Waals surface area contributed by atoms with Gasteiger partial charge >= 0.3 is 0 Å². The molecule has 3 N–H and O–H groups in total. The van der Waals surface area contributed by atoms with Crippen LogP contribution in [0.2, 0.25) is 0 Å². The summed E-state index contributed by atoms with van der Waals surface area (Å²) in [6, 6.07) is 21.4. The molecule has 0 saturated carbocycles. The number of rotatable bonds is 6. The van der Waals surface area contributed by atoms with E-state index in [-0.39, 0.29) is 0 Å². The minimum Gasteiger partial charge on any atom is -0.497 e. The summed E-state index contributed by atoms with van der Waals surface area (Å²) in [6.07, 6.45) is 0. The van der Waals surface area contributed by atoms with E-state index in [1.165, 1.54) is 0 Å². The molecule has 1 heterocycles. The number of hydrogen-bond acceptors (Lipinski definition) is 6. The number of hydrogen-bond donors (Lipinski definition) is 2. The monoisotopic (exact) mass is 386 g/mol. The standard InChI is InChI=1S/C23H22N4O2/c1-28-17-11-12-21(29-2)20(13-17)27-23-22(16-9-7-15(14-24)8-10-16)25-18-5-3-4-6-19(18)26-23/h3-13H,14,24H2,1-2H3,(H,26,27). The SMILES string of the molecule is COc1ccc(OC)c(Nc2nc3ccccc3nc2-c2ccc(CN)cc2)c1. The first-order valence-electron chi connectivity index (χ1n) is 9.27. The molecule has 0 radical (unpaired) electrons. The first-order valence-corrected chi connectivity index (χ1v) is 9.27. The van der Waals surface area contributed by atoms with Gasteiger partial charge < -0.3 is 20.5 Å². The summed E-state index contributed by atoms with van der Waals surface area (Å²) >= 11 is 0. The van der Waals surface area contributed by atoms with E-state index in [1.807, 2.05) is 66.7 Å². The van der Waals surface area contributed by atoms with Gasteiger partial charge in [-0.25, -0.2) is 9.97 Å². The molecule has 0 spiro atoms. The van der Waals surface area contributed by atoms with Crippen molar-refractivity contribution in [3.63, 3.8) is 0 Å². The summed E-state index contributed by atoms with van der Waals surface area (Å²) in [5, 5.41) is 3.38. The summed E-state index contributed by atoms with van der Waals surface area (Å²) in [6.45, 7) is 0.496. The number of ether oxygens (including phenoxy) is 2. The molecule has 0 bridgehead atoms. The van der Waals surface area contributed by atoms with Gasteiger partial charge in [-0.05, 0) is 29.8 Å². The second kappa shape index (κ2) is 8.16. The number of aromatic nitrogens is 2. The van der Waals surface area contributed by atoms with Crippen molar-refractivity contribution < 1.29 is 9.47 Å². The van der Waals surface area contributed by atoms with Crippen LogP contribution >= 0.6 is 0 Å². The van der Waals surface area contributed by atoms with Crippen LogP contribution in [0.5, 0.6) is 11.5 Å². The van der Waals surface area contributed by atoms with Crippen molar-refractivity contribution in [2.24, 2.45) is 5.73 Å². The molecule has 0 unspecified atom stereocenters. The van der Waals surface area contributed by atoms with Gasteiger partial charge in [0.2, 0.25) is 0 Å². The average molecular weight is 386 g/mol. The minimum atomic E-state index is 0.496. The normalized spacial score (nSPS) is 10.7. The third-order valence-corrected chi connectivity index (χ3v) is 4.69. The third-order valence-electron chi connectivity index (χ3n) is 4.69. The quantitative estimate of drug-likeness (QED) is 0.507. The smallest absolute Gasteiger partial charge is 0.157 e. The highest BCUT2D eigenvalue weighted by atomic mass is 16.5. The lowest BCUT2D eigenvalue weighted by Gasteiger charge is -2.15. The summed E-state index contributed by atoms with van der Waals surface area (Å²) in [4.78, 5) is 9.69. The summed E-state index contributed by atoms with van der Waals surface area (Å²) in [5.41, 5.74) is 10.9. The van der Waals surface area contributed by atoms with E-state index >= 15 is 0 Å². The zero-order chi connectivity index (χ0) is 20.2.